The summed E-state index contributed by atoms with van der Waals surface area (Å²) in [7, 11) is 0. The number of carbonyl (C=O) groups is 1. The van der Waals surface area contributed by atoms with E-state index in [-0.39, 0.29) is 6.03 Å². The van der Waals surface area contributed by atoms with Crippen molar-refractivity contribution in [1.29, 1.82) is 10.5 Å². The van der Waals surface area contributed by atoms with Crippen LogP contribution in [0.2, 0.25) is 0 Å². The lowest BCUT2D eigenvalue weighted by molar-refractivity contribution is 0.251. The molecule has 2 aromatic rings. The average Bonchev–Trinajstić information content (AvgIpc) is 2.53. The van der Waals surface area contributed by atoms with Gasteiger partial charge in [0.25, 0.3) is 0 Å². The Morgan fingerprint density at radius 2 is 1.71 bits per heavy atom. The molecule has 102 valence electrons. The highest BCUT2D eigenvalue weighted by molar-refractivity contribution is 5.89. The summed E-state index contributed by atoms with van der Waals surface area (Å²) in [5.74, 6) is 0. The smallest absolute Gasteiger partial charge is 0.319 e. The molecule has 2 amide bonds. The minimum atomic E-state index is -0.352. The first kappa shape index (κ1) is 14.1. The summed E-state index contributed by atoms with van der Waals surface area (Å²) in [6.45, 7) is 0.357. The third kappa shape index (κ3) is 4.09. The van der Waals surface area contributed by atoms with Gasteiger partial charge in [0.2, 0.25) is 0 Å². The lowest BCUT2D eigenvalue weighted by Gasteiger charge is -2.08. The molecule has 0 atom stereocenters. The van der Waals surface area contributed by atoms with E-state index in [0.29, 0.717) is 23.4 Å². The number of hydrogen-bond donors (Lipinski definition) is 2. The Morgan fingerprint density at radius 1 is 1.00 bits per heavy atom. The maximum absolute atomic E-state index is 11.8. The monoisotopic (exact) mass is 276 g/mol. The van der Waals surface area contributed by atoms with Gasteiger partial charge in [-0.3, -0.25) is 0 Å². The molecule has 5 nitrogen and oxygen atoms in total. The fourth-order valence-electron chi connectivity index (χ4n) is 1.72. The van der Waals surface area contributed by atoms with Crippen molar-refractivity contribution >= 4 is 11.7 Å². The number of anilines is 1. The SMILES string of the molecule is N#Cc1ccc(CNC(=O)Nc2cccc(C#N)c2)cc1. The van der Waals surface area contributed by atoms with Crippen molar-refractivity contribution in [3.63, 3.8) is 0 Å². The second-order valence-electron chi connectivity index (χ2n) is 4.31. The Morgan fingerprint density at radius 3 is 2.38 bits per heavy atom. The number of nitriles is 2. The zero-order valence-corrected chi connectivity index (χ0v) is 11.1. The summed E-state index contributed by atoms with van der Waals surface area (Å²) >= 11 is 0. The third-order valence-corrected chi connectivity index (χ3v) is 2.79. The van der Waals surface area contributed by atoms with Crippen molar-refractivity contribution in [2.75, 3.05) is 5.32 Å². The molecule has 5 heteroatoms. The molecule has 0 heterocycles. The van der Waals surface area contributed by atoms with Crippen molar-refractivity contribution < 1.29 is 4.79 Å². The molecule has 0 aromatic heterocycles. The topological polar surface area (TPSA) is 88.7 Å². The second kappa shape index (κ2) is 6.74. The zero-order valence-electron chi connectivity index (χ0n) is 11.1. The summed E-state index contributed by atoms with van der Waals surface area (Å²) in [6, 6.07) is 17.3. The van der Waals surface area contributed by atoms with Gasteiger partial charge < -0.3 is 10.6 Å². The molecule has 0 unspecified atom stereocenters. The van der Waals surface area contributed by atoms with Crippen LogP contribution >= 0.6 is 0 Å². The van der Waals surface area contributed by atoms with E-state index in [1.807, 2.05) is 12.1 Å². The quantitative estimate of drug-likeness (QED) is 0.903. The number of benzene rings is 2. The molecular formula is C16H12N4O. The van der Waals surface area contributed by atoms with Crippen LogP contribution < -0.4 is 10.6 Å². The van der Waals surface area contributed by atoms with Crippen molar-refractivity contribution in [2.45, 2.75) is 6.54 Å². The minimum absolute atomic E-state index is 0.352. The number of nitrogens with zero attached hydrogens (tertiary/aromatic N) is 2. The molecule has 0 radical (unpaired) electrons. The van der Waals surface area contributed by atoms with E-state index in [1.54, 1.807) is 48.5 Å². The molecule has 2 N–H and O–H groups in total. The first-order chi connectivity index (χ1) is 10.2. The van der Waals surface area contributed by atoms with Gasteiger partial charge in [0.15, 0.2) is 0 Å². The zero-order chi connectivity index (χ0) is 15.1. The Bertz CT molecular complexity index is 723. The van der Waals surface area contributed by atoms with Crippen LogP contribution in [0.3, 0.4) is 0 Å². The predicted molar refractivity (Wildman–Crippen MR) is 78.2 cm³/mol. The highest BCUT2D eigenvalue weighted by Crippen LogP contribution is 2.09. The number of rotatable bonds is 3. The number of amides is 2. The summed E-state index contributed by atoms with van der Waals surface area (Å²) in [6.07, 6.45) is 0. The molecule has 0 fully saturated rings. The van der Waals surface area contributed by atoms with E-state index >= 15 is 0 Å². The van der Waals surface area contributed by atoms with Crippen LogP contribution in [0.25, 0.3) is 0 Å². The van der Waals surface area contributed by atoms with Crippen LogP contribution in [0.4, 0.5) is 10.5 Å². The maximum Gasteiger partial charge on any atom is 0.319 e. The van der Waals surface area contributed by atoms with Gasteiger partial charge in [-0.1, -0.05) is 18.2 Å². The molecule has 2 aromatic carbocycles. The van der Waals surface area contributed by atoms with Gasteiger partial charge in [0, 0.05) is 12.2 Å². The van der Waals surface area contributed by atoms with Crippen molar-refractivity contribution in [3.8, 4) is 12.1 Å². The molecule has 0 aliphatic rings. The fraction of sp³-hybridized carbons (Fsp3) is 0.0625. The van der Waals surface area contributed by atoms with Crippen LogP contribution in [-0.2, 0) is 6.54 Å². The Hall–Kier alpha value is -3.31. The summed E-state index contributed by atoms with van der Waals surface area (Å²) < 4.78 is 0. The van der Waals surface area contributed by atoms with E-state index < -0.39 is 0 Å². The molecule has 2 rings (SSSR count). The molecular weight excluding hydrogens is 264 g/mol. The van der Waals surface area contributed by atoms with Crippen molar-refractivity contribution in [3.05, 3.63) is 65.2 Å². The molecule has 0 aliphatic heterocycles. The van der Waals surface area contributed by atoms with Gasteiger partial charge >= 0.3 is 6.03 Å². The van der Waals surface area contributed by atoms with Crippen LogP contribution in [0.5, 0.6) is 0 Å². The van der Waals surface area contributed by atoms with Crippen LogP contribution in [0, 0.1) is 22.7 Å². The van der Waals surface area contributed by atoms with Gasteiger partial charge in [0.05, 0.1) is 23.3 Å². The Balaban J connectivity index is 1.89. The van der Waals surface area contributed by atoms with E-state index in [9.17, 15) is 4.79 Å². The van der Waals surface area contributed by atoms with E-state index in [2.05, 4.69) is 10.6 Å². The summed E-state index contributed by atoms with van der Waals surface area (Å²) in [5, 5.41) is 22.9. The van der Waals surface area contributed by atoms with Gasteiger partial charge in [-0.25, -0.2) is 4.79 Å². The molecule has 0 bridgehead atoms. The number of hydrogen-bond acceptors (Lipinski definition) is 3. The fourth-order valence-corrected chi connectivity index (χ4v) is 1.72. The van der Waals surface area contributed by atoms with Gasteiger partial charge in [0.1, 0.15) is 0 Å². The first-order valence-electron chi connectivity index (χ1n) is 6.25. The first-order valence-corrected chi connectivity index (χ1v) is 6.25. The maximum atomic E-state index is 11.8. The Labute approximate surface area is 122 Å². The average molecular weight is 276 g/mol. The highest BCUT2D eigenvalue weighted by Gasteiger charge is 2.02. The number of nitrogens with one attached hydrogen (secondary N) is 2. The van der Waals surface area contributed by atoms with E-state index in [1.165, 1.54) is 0 Å². The van der Waals surface area contributed by atoms with Crippen LogP contribution in [0.1, 0.15) is 16.7 Å². The van der Waals surface area contributed by atoms with Crippen molar-refractivity contribution in [1.82, 2.24) is 5.32 Å². The van der Waals surface area contributed by atoms with E-state index in [4.69, 9.17) is 10.5 Å². The summed E-state index contributed by atoms with van der Waals surface area (Å²) in [4.78, 5) is 11.8. The van der Waals surface area contributed by atoms with Gasteiger partial charge in [-0.15, -0.1) is 0 Å². The number of urea groups is 1. The summed E-state index contributed by atoms with van der Waals surface area (Å²) in [5.41, 5.74) is 2.53. The number of carbonyl (C=O) groups excluding carboxylic acids is 1. The lowest BCUT2D eigenvalue weighted by atomic mass is 10.1. The van der Waals surface area contributed by atoms with E-state index in [0.717, 1.165) is 5.56 Å². The van der Waals surface area contributed by atoms with Crippen molar-refractivity contribution in [2.24, 2.45) is 0 Å². The molecule has 0 aliphatic carbocycles. The second-order valence-corrected chi connectivity index (χ2v) is 4.31. The molecule has 0 saturated heterocycles. The minimum Gasteiger partial charge on any atom is -0.334 e. The highest BCUT2D eigenvalue weighted by atomic mass is 16.2. The lowest BCUT2D eigenvalue weighted by Crippen LogP contribution is -2.28. The standard InChI is InChI=1S/C16H12N4O/c17-9-12-4-6-13(7-5-12)11-19-16(21)20-15-3-1-2-14(8-15)10-18/h1-8H,11H2,(H2,19,20,21). The van der Waals surface area contributed by atoms with Gasteiger partial charge in [-0.05, 0) is 35.9 Å². The normalized spacial score (nSPS) is 9.24. The molecule has 21 heavy (non-hydrogen) atoms. The largest absolute Gasteiger partial charge is 0.334 e. The Kier molecular flexibility index (Phi) is 4.53. The van der Waals surface area contributed by atoms with Crippen LogP contribution in [0.15, 0.2) is 48.5 Å². The molecule has 0 spiro atoms. The van der Waals surface area contributed by atoms with Gasteiger partial charge in [-0.2, -0.15) is 10.5 Å². The van der Waals surface area contributed by atoms with Crippen LogP contribution in [-0.4, -0.2) is 6.03 Å². The molecule has 0 saturated carbocycles. The predicted octanol–water partition coefficient (Wildman–Crippen LogP) is 2.75. The third-order valence-electron chi connectivity index (χ3n) is 2.79.